The van der Waals surface area contributed by atoms with Crippen LogP contribution in [0, 0.1) is 0 Å². The van der Waals surface area contributed by atoms with Crippen LogP contribution in [-0.4, -0.2) is 24.3 Å². The zero-order chi connectivity index (χ0) is 44.0. The maximum atomic E-state index is 6.85. The molecule has 6 heteroatoms. The third-order valence-corrected chi connectivity index (χ3v) is 14.5. The summed E-state index contributed by atoms with van der Waals surface area (Å²) in [5, 5.41) is 3.87. The van der Waals surface area contributed by atoms with Gasteiger partial charge in [0, 0.05) is 40.5 Å². The molecule has 0 spiro atoms. The van der Waals surface area contributed by atoms with Crippen molar-refractivity contribution in [3.63, 3.8) is 0 Å². The molecule has 0 atom stereocenters. The number of hydrogen-bond acceptors (Lipinski definition) is 4. The van der Waals surface area contributed by atoms with Crippen LogP contribution in [0.3, 0.4) is 0 Å². The summed E-state index contributed by atoms with van der Waals surface area (Å²) in [5.74, 6) is 2.50. The predicted molar refractivity (Wildman–Crippen MR) is 265 cm³/mol. The van der Waals surface area contributed by atoms with E-state index in [2.05, 4.69) is 226 Å². The van der Waals surface area contributed by atoms with Crippen LogP contribution in [-0.2, 0) is 21.7 Å². The molecule has 61 heavy (non-hydrogen) atoms. The van der Waals surface area contributed by atoms with Crippen molar-refractivity contribution < 1.29 is 4.74 Å². The van der Waals surface area contributed by atoms with Gasteiger partial charge in [-0.25, -0.2) is 4.98 Å². The van der Waals surface area contributed by atoms with Gasteiger partial charge < -0.3 is 14.5 Å². The van der Waals surface area contributed by atoms with E-state index in [-0.39, 0.29) is 21.7 Å². The number of aromatic nitrogens is 2. The molecule has 5 nitrogen and oxygen atoms in total. The molecule has 0 fully saturated rings. The van der Waals surface area contributed by atoms with Gasteiger partial charge in [0.05, 0.1) is 30.5 Å². The predicted octanol–water partition coefficient (Wildman–Crippen LogP) is 15.0. The highest BCUT2D eigenvalue weighted by Gasteiger charge is 2.35. The minimum Gasteiger partial charge on any atom is -0.457 e. The van der Waals surface area contributed by atoms with Crippen molar-refractivity contribution in [1.29, 1.82) is 0 Å². The van der Waals surface area contributed by atoms with Crippen molar-refractivity contribution in [1.82, 2.24) is 9.55 Å². The van der Waals surface area contributed by atoms with Crippen molar-refractivity contribution in [2.75, 3.05) is 16.5 Å². The average Bonchev–Trinajstić information content (AvgIpc) is 3.72. The van der Waals surface area contributed by atoms with Crippen molar-refractivity contribution in [2.24, 2.45) is 0 Å². The van der Waals surface area contributed by atoms with E-state index in [9.17, 15) is 0 Å². The Hall–Kier alpha value is -5.33. The van der Waals surface area contributed by atoms with E-state index in [1.807, 2.05) is 6.20 Å². The lowest BCUT2D eigenvalue weighted by atomic mass is 9.80. The topological polar surface area (TPSA) is 33.5 Å². The van der Waals surface area contributed by atoms with Crippen LogP contribution in [0.4, 0.5) is 22.7 Å². The van der Waals surface area contributed by atoms with Crippen LogP contribution in [0.1, 0.15) is 105 Å². The van der Waals surface area contributed by atoms with Gasteiger partial charge in [-0.3, -0.25) is 4.57 Å². The van der Waals surface area contributed by atoms with Gasteiger partial charge >= 0.3 is 0 Å². The smallest absolute Gasteiger partial charge is 0.137 e. The first-order valence-corrected chi connectivity index (χ1v) is 25.6. The molecule has 0 bridgehead atoms. The number of ether oxygens (including phenoxy) is 1. The maximum absolute atomic E-state index is 6.85. The number of para-hydroxylation sites is 1. The van der Waals surface area contributed by atoms with E-state index in [4.69, 9.17) is 9.72 Å². The van der Waals surface area contributed by atoms with Gasteiger partial charge in [0.2, 0.25) is 0 Å². The molecule has 0 saturated carbocycles. The Kier molecular flexibility index (Phi) is 10.2. The first-order valence-electron chi connectivity index (χ1n) is 22.1. The SMILES string of the molecule is CC(C)(C)c1cc(N2CN(c3cccc(Oc4ccc5c6cc(C(C)(C)C)ccc6n(-c6cc(C(C)(C)C)ccn6)c5c4)c3)c3cccc([Si](C)(C)C)c32)cc(C(C)(C)C)c1. The second-order valence-corrected chi connectivity index (χ2v) is 27.5. The Morgan fingerprint density at radius 2 is 1.13 bits per heavy atom. The normalized spacial score (nSPS) is 14.0. The molecule has 0 amide bonds. The van der Waals surface area contributed by atoms with Crippen LogP contribution >= 0.6 is 0 Å². The number of rotatable bonds is 6. The van der Waals surface area contributed by atoms with Gasteiger partial charge in [-0.15, -0.1) is 0 Å². The molecule has 8 rings (SSSR count). The molecular formula is C55H66N4OSi. The van der Waals surface area contributed by atoms with Gasteiger partial charge in [-0.1, -0.05) is 133 Å². The number of anilines is 4. The summed E-state index contributed by atoms with van der Waals surface area (Å²) in [6.07, 6.45) is 1.94. The molecule has 316 valence electrons. The first-order chi connectivity index (χ1) is 28.4. The minimum absolute atomic E-state index is 0.00981. The fourth-order valence-electron chi connectivity index (χ4n) is 8.63. The second kappa shape index (κ2) is 14.7. The number of hydrogen-bond donors (Lipinski definition) is 0. The quantitative estimate of drug-likeness (QED) is 0.156. The summed E-state index contributed by atoms with van der Waals surface area (Å²) in [6, 6.07) is 40.6. The minimum atomic E-state index is -1.75. The molecule has 0 aliphatic carbocycles. The summed E-state index contributed by atoms with van der Waals surface area (Å²) < 4.78 is 9.15. The number of pyridine rings is 1. The molecule has 0 N–H and O–H groups in total. The Balaban J connectivity index is 1.22. The summed E-state index contributed by atoms with van der Waals surface area (Å²) in [5.41, 5.74) is 12.5. The van der Waals surface area contributed by atoms with E-state index in [0.717, 1.165) is 34.0 Å². The van der Waals surface area contributed by atoms with E-state index >= 15 is 0 Å². The van der Waals surface area contributed by atoms with Crippen molar-refractivity contribution in [3.8, 4) is 17.3 Å². The van der Waals surface area contributed by atoms with Gasteiger partial charge in [0.15, 0.2) is 0 Å². The molecule has 0 radical (unpaired) electrons. The van der Waals surface area contributed by atoms with Crippen LogP contribution < -0.4 is 19.7 Å². The number of fused-ring (bicyclic) bond motifs is 4. The van der Waals surface area contributed by atoms with Crippen molar-refractivity contribution >= 4 is 57.8 Å². The molecule has 0 unspecified atom stereocenters. The van der Waals surface area contributed by atoms with E-state index in [1.54, 1.807) is 0 Å². The van der Waals surface area contributed by atoms with Gasteiger partial charge in [0.25, 0.3) is 0 Å². The first kappa shape index (κ1) is 42.4. The lowest BCUT2D eigenvalue weighted by Crippen LogP contribution is -2.40. The highest BCUT2D eigenvalue weighted by atomic mass is 28.3. The molecule has 1 aliphatic rings. The van der Waals surface area contributed by atoms with E-state index in [1.165, 1.54) is 55.3 Å². The monoisotopic (exact) mass is 827 g/mol. The Morgan fingerprint density at radius 1 is 0.508 bits per heavy atom. The summed E-state index contributed by atoms with van der Waals surface area (Å²) in [4.78, 5) is 9.99. The largest absolute Gasteiger partial charge is 0.457 e. The molecule has 1 aliphatic heterocycles. The van der Waals surface area contributed by atoms with E-state index < -0.39 is 8.07 Å². The third-order valence-electron chi connectivity index (χ3n) is 12.4. The molecular weight excluding hydrogens is 761 g/mol. The Morgan fingerprint density at radius 3 is 1.77 bits per heavy atom. The standard InChI is InChI=1S/C55H66N4OSi/c1-52(2,3)36-22-25-46-45(31-36)44-24-23-43(34-48(44)59(46)50-32-37(26-27-56-50)53(4,5)6)60-42-19-16-18-40(33-42)57-35-58(51-47(57)20-17-21-49(51)61(13,14)15)41-29-38(54(7,8)9)28-39(30-41)55(10,11)12/h16-34H,35H2,1-15H3. The maximum Gasteiger partial charge on any atom is 0.137 e. The molecule has 0 saturated heterocycles. The fraction of sp³-hybridized carbons (Fsp3) is 0.364. The van der Waals surface area contributed by atoms with Gasteiger partial charge in [0.1, 0.15) is 24.0 Å². The summed E-state index contributed by atoms with van der Waals surface area (Å²) in [6.45, 7) is 35.6. The summed E-state index contributed by atoms with van der Waals surface area (Å²) in [7, 11) is -1.75. The van der Waals surface area contributed by atoms with Gasteiger partial charge in [-0.2, -0.15) is 0 Å². The zero-order valence-electron chi connectivity index (χ0n) is 39.4. The van der Waals surface area contributed by atoms with Crippen molar-refractivity contribution in [3.05, 3.63) is 138 Å². The highest BCUT2D eigenvalue weighted by molar-refractivity contribution is 6.90. The third kappa shape index (κ3) is 8.12. The molecule has 3 heterocycles. The molecule has 7 aromatic rings. The second-order valence-electron chi connectivity index (χ2n) is 22.4. The molecule has 2 aromatic heterocycles. The Labute approximate surface area is 366 Å². The van der Waals surface area contributed by atoms with Crippen LogP contribution in [0.25, 0.3) is 27.6 Å². The number of nitrogens with zero attached hydrogens (tertiary/aromatic N) is 4. The molecule has 5 aromatic carbocycles. The van der Waals surface area contributed by atoms with Crippen LogP contribution in [0.2, 0.25) is 19.6 Å². The lowest BCUT2D eigenvalue weighted by Gasteiger charge is -2.31. The highest BCUT2D eigenvalue weighted by Crippen LogP contribution is 2.47. The zero-order valence-corrected chi connectivity index (χ0v) is 40.4. The fourth-order valence-corrected chi connectivity index (χ4v) is 10.2. The average molecular weight is 827 g/mol. The van der Waals surface area contributed by atoms with Crippen LogP contribution in [0.15, 0.2) is 115 Å². The lowest BCUT2D eigenvalue weighted by molar-refractivity contribution is 0.483. The summed E-state index contributed by atoms with van der Waals surface area (Å²) >= 11 is 0. The van der Waals surface area contributed by atoms with Crippen LogP contribution in [0.5, 0.6) is 11.5 Å². The van der Waals surface area contributed by atoms with Crippen molar-refractivity contribution in [2.45, 2.75) is 124 Å². The Bertz CT molecular complexity index is 2760. The number of benzene rings is 5. The van der Waals surface area contributed by atoms with E-state index in [0.29, 0.717) is 6.67 Å². The van der Waals surface area contributed by atoms with Gasteiger partial charge in [-0.05, 0) is 116 Å².